The van der Waals surface area contributed by atoms with Crippen molar-refractivity contribution in [3.05, 3.63) is 45.7 Å². The van der Waals surface area contributed by atoms with Crippen LogP contribution in [0.15, 0.2) is 29.4 Å². The molecular weight excluding hydrogens is 291 g/mol. The van der Waals surface area contributed by atoms with Gasteiger partial charge in [-0.25, -0.2) is 9.37 Å². The summed E-state index contributed by atoms with van der Waals surface area (Å²) in [5, 5.41) is 16.3. The summed E-state index contributed by atoms with van der Waals surface area (Å²) in [5.41, 5.74) is 0.721. The number of halogens is 1. The Morgan fingerprint density at radius 1 is 1.38 bits per heavy atom. The van der Waals surface area contributed by atoms with Crippen LogP contribution in [0.2, 0.25) is 0 Å². The normalized spacial score (nSPS) is 11.5. The van der Waals surface area contributed by atoms with Crippen molar-refractivity contribution in [1.29, 1.82) is 0 Å². The van der Waals surface area contributed by atoms with Crippen LogP contribution in [-0.4, -0.2) is 23.1 Å². The van der Waals surface area contributed by atoms with Gasteiger partial charge < -0.3 is 15.7 Å². The first kappa shape index (κ1) is 15.2. The first-order chi connectivity index (χ1) is 10.1. The minimum Gasteiger partial charge on any atom is -0.505 e. The Hall–Kier alpha value is -2.15. The molecule has 2 rings (SSSR count). The molecular formula is C14H17FN4OS. The number of aromatic hydroxyl groups is 1. The van der Waals surface area contributed by atoms with Gasteiger partial charge in [0.2, 0.25) is 0 Å². The van der Waals surface area contributed by atoms with Crippen LogP contribution in [0.3, 0.4) is 0 Å². The van der Waals surface area contributed by atoms with Gasteiger partial charge in [0.25, 0.3) is 0 Å². The van der Waals surface area contributed by atoms with Crippen molar-refractivity contribution in [1.82, 2.24) is 15.6 Å². The van der Waals surface area contributed by atoms with E-state index in [1.54, 1.807) is 24.5 Å². The van der Waals surface area contributed by atoms with Gasteiger partial charge in [0.15, 0.2) is 17.5 Å². The van der Waals surface area contributed by atoms with E-state index in [2.05, 4.69) is 20.6 Å². The molecule has 112 valence electrons. The summed E-state index contributed by atoms with van der Waals surface area (Å²) in [6, 6.07) is 4.28. The van der Waals surface area contributed by atoms with Crippen LogP contribution in [0.1, 0.15) is 15.4 Å². The maximum Gasteiger partial charge on any atom is 0.191 e. The van der Waals surface area contributed by atoms with E-state index in [0.29, 0.717) is 19.0 Å². The molecule has 1 aromatic heterocycles. The van der Waals surface area contributed by atoms with E-state index in [4.69, 9.17) is 5.11 Å². The molecule has 0 saturated carbocycles. The van der Waals surface area contributed by atoms with Gasteiger partial charge in [-0.3, -0.25) is 4.99 Å². The highest BCUT2D eigenvalue weighted by atomic mass is 32.1. The van der Waals surface area contributed by atoms with E-state index < -0.39 is 5.82 Å². The predicted octanol–water partition coefficient (Wildman–Crippen LogP) is 2.16. The number of nitrogens with zero attached hydrogens (tertiary/aromatic N) is 2. The second-order valence-corrected chi connectivity index (χ2v) is 5.75. The van der Waals surface area contributed by atoms with Crippen molar-refractivity contribution in [2.75, 3.05) is 7.05 Å². The van der Waals surface area contributed by atoms with Crippen molar-refractivity contribution >= 4 is 17.3 Å². The maximum atomic E-state index is 13.2. The first-order valence-electron chi connectivity index (χ1n) is 6.41. The lowest BCUT2D eigenvalue weighted by Gasteiger charge is -2.11. The molecule has 3 N–H and O–H groups in total. The third kappa shape index (κ3) is 4.42. The SMILES string of the molecule is CN=C(NCc1ccc(O)c(F)c1)NCc1ncc(C)s1. The molecule has 0 saturated heterocycles. The number of thiazole rings is 1. The van der Waals surface area contributed by atoms with Gasteiger partial charge in [-0.1, -0.05) is 6.07 Å². The van der Waals surface area contributed by atoms with Crippen molar-refractivity contribution < 1.29 is 9.50 Å². The fourth-order valence-electron chi connectivity index (χ4n) is 1.71. The van der Waals surface area contributed by atoms with Gasteiger partial charge in [0.05, 0.1) is 6.54 Å². The lowest BCUT2D eigenvalue weighted by molar-refractivity contribution is 0.431. The lowest BCUT2D eigenvalue weighted by Crippen LogP contribution is -2.36. The van der Waals surface area contributed by atoms with E-state index in [0.717, 1.165) is 15.4 Å². The molecule has 0 unspecified atom stereocenters. The molecule has 0 aliphatic carbocycles. The molecule has 5 nitrogen and oxygen atoms in total. The molecule has 1 aromatic carbocycles. The summed E-state index contributed by atoms with van der Waals surface area (Å²) < 4.78 is 13.2. The number of nitrogens with one attached hydrogen (secondary N) is 2. The number of aromatic nitrogens is 1. The lowest BCUT2D eigenvalue weighted by atomic mass is 10.2. The zero-order valence-corrected chi connectivity index (χ0v) is 12.7. The Labute approximate surface area is 126 Å². The Bertz CT molecular complexity index is 642. The van der Waals surface area contributed by atoms with Crippen LogP contribution in [0.5, 0.6) is 5.75 Å². The third-order valence-electron chi connectivity index (χ3n) is 2.77. The molecule has 21 heavy (non-hydrogen) atoms. The smallest absolute Gasteiger partial charge is 0.191 e. The van der Waals surface area contributed by atoms with Crippen LogP contribution in [0, 0.1) is 12.7 Å². The number of hydrogen-bond donors (Lipinski definition) is 3. The van der Waals surface area contributed by atoms with Crippen LogP contribution < -0.4 is 10.6 Å². The standard InChI is InChI=1S/C14H17FN4OS/c1-9-6-17-13(21-9)8-19-14(16-2)18-7-10-3-4-12(20)11(15)5-10/h3-6,20H,7-8H2,1-2H3,(H2,16,18,19). The molecule has 0 bridgehead atoms. The minimum absolute atomic E-state index is 0.347. The largest absolute Gasteiger partial charge is 0.505 e. The average molecular weight is 308 g/mol. The van der Waals surface area contributed by atoms with Crippen molar-refractivity contribution in [3.63, 3.8) is 0 Å². The maximum absolute atomic E-state index is 13.2. The topological polar surface area (TPSA) is 69.5 Å². The average Bonchev–Trinajstić information content (AvgIpc) is 2.88. The van der Waals surface area contributed by atoms with Gasteiger partial charge in [0.1, 0.15) is 5.01 Å². The highest BCUT2D eigenvalue weighted by Crippen LogP contribution is 2.15. The van der Waals surface area contributed by atoms with Gasteiger partial charge in [0, 0.05) is 24.7 Å². The predicted molar refractivity (Wildman–Crippen MR) is 82.0 cm³/mol. The second kappa shape index (κ2) is 7.03. The number of phenolic OH excluding ortho intramolecular Hbond substituents is 1. The quantitative estimate of drug-likeness (QED) is 0.598. The molecule has 0 fully saturated rings. The fourth-order valence-corrected chi connectivity index (χ4v) is 2.44. The number of rotatable bonds is 4. The summed E-state index contributed by atoms with van der Waals surface area (Å²) in [4.78, 5) is 9.51. The number of aryl methyl sites for hydroxylation is 1. The Balaban J connectivity index is 1.86. The molecule has 2 aromatic rings. The van der Waals surface area contributed by atoms with Gasteiger partial charge in [-0.05, 0) is 24.6 Å². The second-order valence-electron chi connectivity index (χ2n) is 4.43. The summed E-state index contributed by atoms with van der Waals surface area (Å²) in [7, 11) is 1.67. The first-order valence-corrected chi connectivity index (χ1v) is 7.23. The van der Waals surface area contributed by atoms with Crippen LogP contribution in [0.25, 0.3) is 0 Å². The summed E-state index contributed by atoms with van der Waals surface area (Å²) in [6.07, 6.45) is 1.83. The zero-order valence-electron chi connectivity index (χ0n) is 11.9. The minimum atomic E-state index is -0.629. The zero-order chi connectivity index (χ0) is 15.2. The Kier molecular flexibility index (Phi) is 5.10. The van der Waals surface area contributed by atoms with Crippen LogP contribution in [0.4, 0.5) is 4.39 Å². The summed E-state index contributed by atoms with van der Waals surface area (Å²) >= 11 is 1.62. The van der Waals surface area contributed by atoms with E-state index in [1.165, 1.54) is 12.1 Å². The molecule has 0 spiro atoms. The number of phenols is 1. The molecule has 0 radical (unpaired) electrons. The van der Waals surface area contributed by atoms with E-state index in [9.17, 15) is 4.39 Å². The number of aliphatic imine (C=N–C) groups is 1. The number of benzene rings is 1. The number of hydrogen-bond acceptors (Lipinski definition) is 4. The summed E-state index contributed by atoms with van der Waals surface area (Å²) in [5.74, 6) is -0.368. The van der Waals surface area contributed by atoms with Crippen LogP contribution in [-0.2, 0) is 13.1 Å². The van der Waals surface area contributed by atoms with Crippen molar-refractivity contribution in [2.24, 2.45) is 4.99 Å². The summed E-state index contributed by atoms with van der Waals surface area (Å²) in [6.45, 7) is 3.00. The molecule has 0 atom stereocenters. The fraction of sp³-hybridized carbons (Fsp3) is 0.286. The van der Waals surface area contributed by atoms with Gasteiger partial charge in [-0.2, -0.15) is 0 Å². The highest BCUT2D eigenvalue weighted by Gasteiger charge is 2.04. The molecule has 0 amide bonds. The monoisotopic (exact) mass is 308 g/mol. The van der Waals surface area contributed by atoms with E-state index >= 15 is 0 Å². The highest BCUT2D eigenvalue weighted by molar-refractivity contribution is 7.11. The Morgan fingerprint density at radius 2 is 2.14 bits per heavy atom. The van der Waals surface area contributed by atoms with E-state index in [1.807, 2.05) is 13.1 Å². The molecule has 1 heterocycles. The number of guanidine groups is 1. The van der Waals surface area contributed by atoms with E-state index in [-0.39, 0.29) is 5.75 Å². The van der Waals surface area contributed by atoms with Gasteiger partial charge >= 0.3 is 0 Å². The molecule has 7 heteroatoms. The van der Waals surface area contributed by atoms with Crippen molar-refractivity contribution in [2.45, 2.75) is 20.0 Å². The molecule has 0 aliphatic rings. The molecule has 0 aliphatic heterocycles. The van der Waals surface area contributed by atoms with Crippen molar-refractivity contribution in [3.8, 4) is 5.75 Å². The van der Waals surface area contributed by atoms with Gasteiger partial charge in [-0.15, -0.1) is 11.3 Å². The third-order valence-corrected chi connectivity index (χ3v) is 3.68. The van der Waals surface area contributed by atoms with Crippen LogP contribution >= 0.6 is 11.3 Å². The Morgan fingerprint density at radius 3 is 2.76 bits per heavy atom.